The number of allylic oxidation sites excluding steroid dienone is 8. The molecule has 128 valence electrons. The Balaban J connectivity index is 2.78. The molecule has 0 spiro atoms. The van der Waals surface area contributed by atoms with Gasteiger partial charge in [-0.25, -0.2) is 0 Å². The molecule has 3 heteroatoms. The average Bonchev–Trinajstić information content (AvgIpc) is 3.18. The first-order valence-electron chi connectivity index (χ1n) is 9.20. The third-order valence-corrected chi connectivity index (χ3v) is 30.2. The summed E-state index contributed by atoms with van der Waals surface area (Å²) in [7, 11) is 0. The molecule has 0 saturated carbocycles. The monoisotopic (exact) mass is 482 g/mol. The Bertz CT molecular complexity index is 450. The van der Waals surface area contributed by atoms with Gasteiger partial charge in [-0.05, 0) is 0 Å². The van der Waals surface area contributed by atoms with Crippen molar-refractivity contribution in [3.05, 3.63) is 48.6 Å². The summed E-state index contributed by atoms with van der Waals surface area (Å²) in [5.74, 6) is 0. The maximum atomic E-state index is 2.89. The molecular formula is C20H34HfN2. The molecule has 2 nitrogen and oxygen atoms in total. The van der Waals surface area contributed by atoms with Crippen LogP contribution in [0.1, 0.15) is 41.5 Å². The fraction of sp³-hybridized carbons (Fsp3) is 0.600. The van der Waals surface area contributed by atoms with Crippen LogP contribution in [0, 0.1) is 0 Å². The molecule has 0 bridgehead atoms. The van der Waals surface area contributed by atoms with Gasteiger partial charge in [0.1, 0.15) is 0 Å². The topological polar surface area (TPSA) is 6.48 Å². The van der Waals surface area contributed by atoms with Crippen molar-refractivity contribution >= 4 is 0 Å². The average molecular weight is 481 g/mol. The van der Waals surface area contributed by atoms with E-state index in [0.29, 0.717) is 0 Å². The van der Waals surface area contributed by atoms with E-state index in [1.807, 2.05) is 0 Å². The predicted molar refractivity (Wildman–Crippen MR) is 99.1 cm³/mol. The van der Waals surface area contributed by atoms with Crippen molar-refractivity contribution in [1.29, 1.82) is 0 Å². The molecule has 0 atom stereocenters. The molecule has 23 heavy (non-hydrogen) atoms. The summed E-state index contributed by atoms with van der Waals surface area (Å²) in [5.41, 5.74) is 0. The third kappa shape index (κ3) is 2.73. The summed E-state index contributed by atoms with van der Waals surface area (Å²) in [5, 5.41) is 0. The van der Waals surface area contributed by atoms with Gasteiger partial charge in [0.15, 0.2) is 0 Å². The molecule has 0 heterocycles. The first kappa shape index (κ1) is 19.1. The van der Waals surface area contributed by atoms with E-state index in [-0.39, 0.29) is 6.34 Å². The second kappa shape index (κ2) is 7.33. The number of hydrogen-bond donors (Lipinski definition) is 0. The van der Waals surface area contributed by atoms with Gasteiger partial charge < -0.3 is 0 Å². The van der Waals surface area contributed by atoms with Crippen molar-refractivity contribution in [2.24, 2.45) is 0 Å². The van der Waals surface area contributed by atoms with Gasteiger partial charge in [0.2, 0.25) is 0 Å². The summed E-state index contributed by atoms with van der Waals surface area (Å²) in [4.78, 5) is 0. The van der Waals surface area contributed by atoms with E-state index in [4.69, 9.17) is 0 Å². The predicted octanol–water partition coefficient (Wildman–Crippen LogP) is 5.26. The zero-order valence-corrected chi connectivity index (χ0v) is 19.4. The molecule has 0 radical (unpaired) electrons. The van der Waals surface area contributed by atoms with Crippen LogP contribution in [0.3, 0.4) is 0 Å². The van der Waals surface area contributed by atoms with Crippen molar-refractivity contribution in [2.75, 3.05) is 26.2 Å². The van der Waals surface area contributed by atoms with E-state index in [2.05, 4.69) is 95.9 Å². The van der Waals surface area contributed by atoms with Crippen LogP contribution in [0.5, 0.6) is 0 Å². The molecule has 0 aliphatic heterocycles. The molecule has 0 aromatic carbocycles. The molecule has 2 rings (SSSR count). The molecular weight excluding hydrogens is 447 g/mol. The van der Waals surface area contributed by atoms with Gasteiger partial charge in [-0.1, -0.05) is 0 Å². The van der Waals surface area contributed by atoms with Crippen LogP contribution < -0.4 is 0 Å². The Labute approximate surface area is 148 Å². The van der Waals surface area contributed by atoms with E-state index in [1.54, 1.807) is 0 Å². The maximum absolute atomic E-state index is 3.32. The summed E-state index contributed by atoms with van der Waals surface area (Å²) in [6, 6.07) is 0. The number of nitrogens with zero attached hydrogens (tertiary/aromatic N) is 2. The SMILES string of the molecule is CC[N](CC)[Hf]([N](CC)CC)([C]1(C)C=CC=C1)[C]1(C)C=CC=C1. The second-order valence-corrected chi connectivity index (χ2v) is 24.1. The number of rotatable bonds is 8. The zero-order valence-electron chi connectivity index (χ0n) is 15.8. The molecule has 0 fully saturated rings. The van der Waals surface area contributed by atoms with Gasteiger partial charge in [0.25, 0.3) is 0 Å². The van der Waals surface area contributed by atoms with Crippen LogP contribution in [0.2, 0.25) is 6.34 Å². The van der Waals surface area contributed by atoms with Crippen LogP contribution in [0.4, 0.5) is 0 Å². The van der Waals surface area contributed by atoms with Gasteiger partial charge in [-0.15, -0.1) is 0 Å². The quantitative estimate of drug-likeness (QED) is 0.437. The summed E-state index contributed by atoms with van der Waals surface area (Å²) < 4.78 is 6.16. The van der Waals surface area contributed by atoms with Gasteiger partial charge in [-0.2, -0.15) is 0 Å². The molecule has 0 amide bonds. The van der Waals surface area contributed by atoms with Gasteiger partial charge >= 0.3 is 149 Å². The van der Waals surface area contributed by atoms with Crippen molar-refractivity contribution in [1.82, 2.24) is 5.78 Å². The number of hydrogen-bond acceptors (Lipinski definition) is 2. The van der Waals surface area contributed by atoms with Crippen molar-refractivity contribution < 1.29 is 20.5 Å². The first-order chi connectivity index (χ1) is 11.0. The molecule has 2 aliphatic rings. The molecule has 0 N–H and O–H groups in total. The van der Waals surface area contributed by atoms with Crippen LogP contribution >= 0.6 is 0 Å². The molecule has 2 aliphatic carbocycles. The van der Waals surface area contributed by atoms with Gasteiger partial charge in [0.05, 0.1) is 0 Å². The normalized spacial score (nSPS) is 21.2. The summed E-state index contributed by atoms with van der Waals surface area (Å²) in [6.07, 6.45) is 19.1. The second-order valence-electron chi connectivity index (χ2n) is 7.02. The Hall–Kier alpha value is -0.250. The minimum atomic E-state index is -3.32. The van der Waals surface area contributed by atoms with Crippen molar-refractivity contribution in [2.45, 2.75) is 47.9 Å². The van der Waals surface area contributed by atoms with Crippen LogP contribution in [-0.2, 0) is 20.5 Å². The van der Waals surface area contributed by atoms with Crippen LogP contribution in [0.25, 0.3) is 0 Å². The Morgan fingerprint density at radius 2 is 0.870 bits per heavy atom. The van der Waals surface area contributed by atoms with Crippen molar-refractivity contribution in [3.63, 3.8) is 0 Å². The fourth-order valence-corrected chi connectivity index (χ4v) is 31.8. The van der Waals surface area contributed by atoms with Gasteiger partial charge in [-0.3, -0.25) is 0 Å². The molecule has 0 saturated heterocycles. The van der Waals surface area contributed by atoms with E-state index in [0.717, 1.165) is 26.2 Å². The molecule has 0 unspecified atom stereocenters. The van der Waals surface area contributed by atoms with Gasteiger partial charge in [0, 0.05) is 0 Å². The third-order valence-electron chi connectivity index (χ3n) is 5.94. The fourth-order valence-electron chi connectivity index (χ4n) is 5.10. The van der Waals surface area contributed by atoms with E-state index in [9.17, 15) is 0 Å². The van der Waals surface area contributed by atoms with E-state index >= 15 is 0 Å². The van der Waals surface area contributed by atoms with Crippen LogP contribution in [-0.4, -0.2) is 32.0 Å². The standard InChI is InChI=1S/2C6H7.2C4H10N.Hf/c2*1-6-4-2-3-5-6;2*1-3-5-4-2;/h2*2-5H,1H3;2*3-4H2,1-2H3;/q;;2*-1;+2. The van der Waals surface area contributed by atoms with Crippen molar-refractivity contribution in [3.8, 4) is 0 Å². The molecule has 0 aromatic heterocycles. The van der Waals surface area contributed by atoms with E-state index < -0.39 is 20.5 Å². The summed E-state index contributed by atoms with van der Waals surface area (Å²) >= 11 is -3.32. The Kier molecular flexibility index (Phi) is 6.08. The van der Waals surface area contributed by atoms with E-state index in [1.165, 1.54) is 0 Å². The molecule has 0 aromatic rings. The summed E-state index contributed by atoms with van der Waals surface area (Å²) in [6.45, 7) is 18.9. The zero-order chi connectivity index (χ0) is 17.1. The Morgan fingerprint density at radius 1 is 0.609 bits per heavy atom. The Morgan fingerprint density at radius 3 is 1.09 bits per heavy atom. The first-order valence-corrected chi connectivity index (χ1v) is 16.0. The minimum absolute atomic E-state index is 0.193. The van der Waals surface area contributed by atoms with Crippen LogP contribution in [0.15, 0.2) is 48.6 Å².